The van der Waals surface area contributed by atoms with Gasteiger partial charge in [0.1, 0.15) is 0 Å². The number of rotatable bonds is 4. The molecule has 0 saturated carbocycles. The van der Waals surface area contributed by atoms with Crippen LogP contribution in [0.4, 0.5) is 0 Å². The molecule has 18 heavy (non-hydrogen) atoms. The van der Waals surface area contributed by atoms with Crippen molar-refractivity contribution in [1.82, 2.24) is 4.90 Å². The number of hydrogen-bond donors (Lipinski definition) is 1. The van der Waals surface area contributed by atoms with Gasteiger partial charge >= 0.3 is 5.97 Å². The first kappa shape index (κ1) is 13.1. The second kappa shape index (κ2) is 5.53. The number of benzene rings is 1. The summed E-state index contributed by atoms with van der Waals surface area (Å²) in [6, 6.07) is 6.45. The fourth-order valence-electron chi connectivity index (χ4n) is 2.80. The maximum Gasteiger partial charge on any atom is 0.335 e. The highest BCUT2D eigenvalue weighted by atomic mass is 16.4. The van der Waals surface area contributed by atoms with Crippen LogP contribution in [0.3, 0.4) is 0 Å². The molecule has 0 bridgehead atoms. The van der Waals surface area contributed by atoms with E-state index in [9.17, 15) is 4.79 Å². The largest absolute Gasteiger partial charge is 0.478 e. The summed E-state index contributed by atoms with van der Waals surface area (Å²) in [5, 5.41) is 9.14. The molecule has 1 aliphatic rings. The highest BCUT2D eigenvalue weighted by Gasteiger charge is 2.22. The molecule has 0 amide bonds. The molecule has 1 aromatic carbocycles. The van der Waals surface area contributed by atoms with Gasteiger partial charge in [0.05, 0.1) is 5.56 Å². The highest BCUT2D eigenvalue weighted by molar-refractivity contribution is 5.89. The molecule has 0 aromatic heterocycles. The molecule has 0 unspecified atom stereocenters. The zero-order valence-electron chi connectivity index (χ0n) is 11.1. The minimum atomic E-state index is -0.831. The SMILES string of the molecule is CC[C@H]1CCCN1Cc1ccc(C)c(C(=O)O)c1. The van der Waals surface area contributed by atoms with E-state index in [0.717, 1.165) is 24.2 Å². The molecule has 1 fully saturated rings. The van der Waals surface area contributed by atoms with E-state index in [1.807, 2.05) is 25.1 Å². The maximum atomic E-state index is 11.1. The minimum absolute atomic E-state index is 0.430. The first-order valence-corrected chi connectivity index (χ1v) is 6.68. The van der Waals surface area contributed by atoms with E-state index in [4.69, 9.17) is 5.11 Å². The smallest absolute Gasteiger partial charge is 0.335 e. The van der Waals surface area contributed by atoms with E-state index in [1.54, 1.807) is 0 Å². The topological polar surface area (TPSA) is 40.5 Å². The molecule has 1 heterocycles. The Morgan fingerprint density at radius 3 is 2.94 bits per heavy atom. The number of nitrogens with zero attached hydrogens (tertiary/aromatic N) is 1. The van der Waals surface area contributed by atoms with Gasteiger partial charge in [0, 0.05) is 12.6 Å². The number of aryl methyl sites for hydroxylation is 1. The Hall–Kier alpha value is -1.35. The van der Waals surface area contributed by atoms with Crippen LogP contribution in [0.25, 0.3) is 0 Å². The zero-order valence-corrected chi connectivity index (χ0v) is 11.1. The van der Waals surface area contributed by atoms with Gasteiger partial charge in [-0.05, 0) is 49.9 Å². The summed E-state index contributed by atoms with van der Waals surface area (Å²) in [5.41, 5.74) is 2.37. The van der Waals surface area contributed by atoms with Gasteiger partial charge in [-0.25, -0.2) is 4.79 Å². The summed E-state index contributed by atoms with van der Waals surface area (Å²) in [6.45, 7) is 6.08. The molecule has 0 aliphatic carbocycles. The Labute approximate surface area is 108 Å². The van der Waals surface area contributed by atoms with Crippen LogP contribution in [0, 0.1) is 6.92 Å². The molecular formula is C15H21NO2. The Morgan fingerprint density at radius 1 is 1.50 bits per heavy atom. The second-order valence-corrected chi connectivity index (χ2v) is 5.13. The van der Waals surface area contributed by atoms with E-state index in [1.165, 1.54) is 19.3 Å². The van der Waals surface area contributed by atoms with Crippen LogP contribution < -0.4 is 0 Å². The van der Waals surface area contributed by atoms with Crippen molar-refractivity contribution < 1.29 is 9.90 Å². The Balaban J connectivity index is 2.14. The predicted molar refractivity (Wildman–Crippen MR) is 71.9 cm³/mol. The average molecular weight is 247 g/mol. The van der Waals surface area contributed by atoms with E-state index in [-0.39, 0.29) is 0 Å². The number of likely N-dealkylation sites (tertiary alicyclic amines) is 1. The standard InChI is InChI=1S/C15H21NO2/c1-3-13-5-4-8-16(13)10-12-7-6-11(2)14(9-12)15(17)18/h6-7,9,13H,3-5,8,10H2,1-2H3,(H,17,18)/t13-/m0/s1. The molecule has 2 rings (SSSR count). The van der Waals surface area contributed by atoms with Gasteiger partial charge in [-0.2, -0.15) is 0 Å². The van der Waals surface area contributed by atoms with E-state index in [2.05, 4.69) is 11.8 Å². The van der Waals surface area contributed by atoms with Gasteiger partial charge in [-0.3, -0.25) is 4.90 Å². The van der Waals surface area contributed by atoms with Crippen molar-refractivity contribution in [1.29, 1.82) is 0 Å². The Kier molecular flexibility index (Phi) is 4.02. The van der Waals surface area contributed by atoms with E-state index < -0.39 is 5.97 Å². The van der Waals surface area contributed by atoms with Crippen molar-refractivity contribution in [3.05, 3.63) is 34.9 Å². The second-order valence-electron chi connectivity index (χ2n) is 5.13. The number of carbonyl (C=O) groups is 1. The van der Waals surface area contributed by atoms with Crippen LogP contribution in [0.1, 0.15) is 47.7 Å². The van der Waals surface area contributed by atoms with E-state index in [0.29, 0.717) is 11.6 Å². The quantitative estimate of drug-likeness (QED) is 0.889. The van der Waals surface area contributed by atoms with Gasteiger partial charge in [0.15, 0.2) is 0 Å². The molecule has 1 saturated heterocycles. The van der Waals surface area contributed by atoms with E-state index >= 15 is 0 Å². The first-order chi connectivity index (χ1) is 8.61. The van der Waals surface area contributed by atoms with Crippen molar-refractivity contribution in [3.8, 4) is 0 Å². The van der Waals surface area contributed by atoms with Gasteiger partial charge in [0.2, 0.25) is 0 Å². The summed E-state index contributed by atoms with van der Waals surface area (Å²) >= 11 is 0. The van der Waals surface area contributed by atoms with Crippen molar-refractivity contribution in [2.24, 2.45) is 0 Å². The molecular weight excluding hydrogens is 226 g/mol. The normalized spacial score (nSPS) is 20.2. The number of aromatic carboxylic acids is 1. The van der Waals surface area contributed by atoms with Crippen molar-refractivity contribution in [2.45, 2.75) is 45.7 Å². The fraction of sp³-hybridized carbons (Fsp3) is 0.533. The van der Waals surface area contributed by atoms with Crippen LogP contribution >= 0.6 is 0 Å². The molecule has 0 radical (unpaired) electrons. The van der Waals surface area contributed by atoms with Crippen molar-refractivity contribution in [2.75, 3.05) is 6.54 Å². The van der Waals surface area contributed by atoms with Gasteiger partial charge in [-0.1, -0.05) is 19.1 Å². The van der Waals surface area contributed by atoms with Gasteiger partial charge < -0.3 is 5.11 Å². The Bertz CT molecular complexity index is 442. The van der Waals surface area contributed by atoms with Crippen LogP contribution in [0.2, 0.25) is 0 Å². The van der Waals surface area contributed by atoms with Crippen molar-refractivity contribution in [3.63, 3.8) is 0 Å². The van der Waals surface area contributed by atoms with Crippen LogP contribution in [0.15, 0.2) is 18.2 Å². The molecule has 98 valence electrons. The first-order valence-electron chi connectivity index (χ1n) is 6.68. The summed E-state index contributed by atoms with van der Waals surface area (Å²) in [5.74, 6) is -0.831. The van der Waals surface area contributed by atoms with Crippen LogP contribution in [-0.2, 0) is 6.54 Å². The van der Waals surface area contributed by atoms with Gasteiger partial charge in [0.25, 0.3) is 0 Å². The molecule has 1 aliphatic heterocycles. The Morgan fingerprint density at radius 2 is 2.28 bits per heavy atom. The highest BCUT2D eigenvalue weighted by Crippen LogP contribution is 2.23. The van der Waals surface area contributed by atoms with Crippen molar-refractivity contribution >= 4 is 5.97 Å². The maximum absolute atomic E-state index is 11.1. The molecule has 1 atom stereocenters. The lowest BCUT2D eigenvalue weighted by Gasteiger charge is -2.23. The van der Waals surface area contributed by atoms with Crippen LogP contribution in [0.5, 0.6) is 0 Å². The third kappa shape index (κ3) is 2.72. The predicted octanol–water partition coefficient (Wildman–Crippen LogP) is 3.07. The molecule has 1 aromatic rings. The zero-order chi connectivity index (χ0) is 13.1. The minimum Gasteiger partial charge on any atom is -0.478 e. The summed E-state index contributed by atoms with van der Waals surface area (Å²) in [6.07, 6.45) is 3.71. The number of hydrogen-bond acceptors (Lipinski definition) is 2. The average Bonchev–Trinajstić information content (AvgIpc) is 2.78. The molecule has 0 spiro atoms. The number of carboxylic acids is 1. The number of carboxylic acid groups (broad SMARTS) is 1. The summed E-state index contributed by atoms with van der Waals surface area (Å²) < 4.78 is 0. The van der Waals surface area contributed by atoms with Crippen LogP contribution in [-0.4, -0.2) is 28.6 Å². The summed E-state index contributed by atoms with van der Waals surface area (Å²) in [7, 11) is 0. The third-order valence-electron chi connectivity index (χ3n) is 3.89. The third-order valence-corrected chi connectivity index (χ3v) is 3.89. The lowest BCUT2D eigenvalue weighted by Crippen LogP contribution is -2.28. The van der Waals surface area contributed by atoms with Gasteiger partial charge in [-0.15, -0.1) is 0 Å². The lowest BCUT2D eigenvalue weighted by molar-refractivity contribution is 0.0696. The molecule has 3 heteroatoms. The monoisotopic (exact) mass is 247 g/mol. The lowest BCUT2D eigenvalue weighted by atomic mass is 10.0. The summed E-state index contributed by atoms with van der Waals surface area (Å²) in [4.78, 5) is 13.6. The molecule has 3 nitrogen and oxygen atoms in total. The molecule has 1 N–H and O–H groups in total. The fourth-order valence-corrected chi connectivity index (χ4v) is 2.80.